The predicted octanol–water partition coefficient (Wildman–Crippen LogP) is 2.69. The van der Waals surface area contributed by atoms with E-state index in [-0.39, 0.29) is 0 Å². The Hall–Kier alpha value is -1.85. The highest BCUT2D eigenvalue weighted by Crippen LogP contribution is 2.23. The Morgan fingerprint density at radius 2 is 1.80 bits per heavy atom. The molecule has 6 nitrogen and oxygen atoms in total. The molecule has 1 atom stereocenters. The highest BCUT2D eigenvalue weighted by Gasteiger charge is 2.23. The number of carbonyl (C=O) groups is 1. The normalized spacial score (nSPS) is 21.5. The molecule has 2 saturated heterocycles. The molecule has 1 aromatic rings. The van der Waals surface area contributed by atoms with Crippen molar-refractivity contribution in [1.82, 2.24) is 15.1 Å². The summed E-state index contributed by atoms with van der Waals surface area (Å²) in [7, 11) is 0. The van der Waals surface area contributed by atoms with E-state index in [9.17, 15) is 4.79 Å². The minimum Gasteiger partial charge on any atom is -0.352 e. The SMILES string of the molecule is CCCCC(=O)N1CCN(c2ccc(N3CCCCC3C)nn2)CC1. The third-order valence-electron chi connectivity index (χ3n) is 5.43. The van der Waals surface area contributed by atoms with Crippen molar-refractivity contribution in [1.29, 1.82) is 0 Å². The van der Waals surface area contributed by atoms with Gasteiger partial charge in [-0.1, -0.05) is 13.3 Å². The van der Waals surface area contributed by atoms with Crippen molar-refractivity contribution >= 4 is 17.5 Å². The molecule has 3 rings (SSSR count). The van der Waals surface area contributed by atoms with Gasteiger partial charge in [0.1, 0.15) is 0 Å². The predicted molar refractivity (Wildman–Crippen MR) is 101 cm³/mol. The number of piperidine rings is 1. The fraction of sp³-hybridized carbons (Fsp3) is 0.737. The van der Waals surface area contributed by atoms with Crippen molar-refractivity contribution in [2.45, 2.75) is 58.4 Å². The quantitative estimate of drug-likeness (QED) is 0.821. The summed E-state index contributed by atoms with van der Waals surface area (Å²) in [6.45, 7) is 8.72. The highest BCUT2D eigenvalue weighted by atomic mass is 16.2. The van der Waals surface area contributed by atoms with Crippen LogP contribution in [0.3, 0.4) is 0 Å². The van der Waals surface area contributed by atoms with E-state index in [0.717, 1.165) is 57.2 Å². The topological polar surface area (TPSA) is 52.6 Å². The van der Waals surface area contributed by atoms with Crippen molar-refractivity contribution < 1.29 is 4.79 Å². The molecular weight excluding hydrogens is 314 g/mol. The molecule has 1 unspecified atom stereocenters. The molecule has 0 N–H and O–H groups in total. The van der Waals surface area contributed by atoms with Gasteiger partial charge in [-0.15, -0.1) is 10.2 Å². The van der Waals surface area contributed by atoms with Crippen LogP contribution in [0.2, 0.25) is 0 Å². The first-order valence-corrected chi connectivity index (χ1v) is 9.82. The number of aromatic nitrogens is 2. The first-order valence-electron chi connectivity index (χ1n) is 9.82. The largest absolute Gasteiger partial charge is 0.352 e. The second-order valence-electron chi connectivity index (χ2n) is 7.26. The van der Waals surface area contributed by atoms with Crippen molar-refractivity contribution in [2.24, 2.45) is 0 Å². The molecule has 2 aliphatic heterocycles. The highest BCUT2D eigenvalue weighted by molar-refractivity contribution is 5.76. The van der Waals surface area contributed by atoms with Gasteiger partial charge in [-0.2, -0.15) is 0 Å². The van der Waals surface area contributed by atoms with Gasteiger partial charge in [-0.05, 0) is 44.7 Å². The van der Waals surface area contributed by atoms with Crippen molar-refractivity contribution in [3.63, 3.8) is 0 Å². The third kappa shape index (κ3) is 4.41. The average Bonchev–Trinajstić information content (AvgIpc) is 2.67. The van der Waals surface area contributed by atoms with Gasteiger partial charge in [0, 0.05) is 45.2 Å². The van der Waals surface area contributed by atoms with E-state index in [1.54, 1.807) is 0 Å². The fourth-order valence-electron chi connectivity index (χ4n) is 3.75. The lowest BCUT2D eigenvalue weighted by Gasteiger charge is -2.36. The molecule has 138 valence electrons. The van der Waals surface area contributed by atoms with E-state index in [2.05, 4.69) is 46.0 Å². The summed E-state index contributed by atoms with van der Waals surface area (Å²) in [5.74, 6) is 2.21. The Morgan fingerprint density at radius 1 is 1.08 bits per heavy atom. The van der Waals surface area contributed by atoms with E-state index in [1.807, 2.05) is 4.90 Å². The third-order valence-corrected chi connectivity index (χ3v) is 5.43. The number of rotatable bonds is 5. The maximum Gasteiger partial charge on any atom is 0.222 e. The van der Waals surface area contributed by atoms with Gasteiger partial charge in [0.2, 0.25) is 5.91 Å². The summed E-state index contributed by atoms with van der Waals surface area (Å²) < 4.78 is 0. The lowest BCUT2D eigenvalue weighted by Crippen LogP contribution is -2.49. The van der Waals surface area contributed by atoms with Gasteiger partial charge in [-0.25, -0.2) is 0 Å². The van der Waals surface area contributed by atoms with Gasteiger partial charge in [-0.3, -0.25) is 4.79 Å². The molecule has 0 aliphatic carbocycles. The smallest absolute Gasteiger partial charge is 0.222 e. The van der Waals surface area contributed by atoms with E-state index in [0.29, 0.717) is 18.4 Å². The number of amides is 1. The van der Waals surface area contributed by atoms with Gasteiger partial charge in [0.15, 0.2) is 11.6 Å². The zero-order chi connectivity index (χ0) is 17.6. The molecule has 0 aromatic carbocycles. The summed E-state index contributed by atoms with van der Waals surface area (Å²) in [6, 6.07) is 4.73. The molecule has 2 aliphatic rings. The minimum absolute atomic E-state index is 0.294. The molecule has 0 radical (unpaired) electrons. The maximum atomic E-state index is 12.1. The summed E-state index contributed by atoms with van der Waals surface area (Å²) in [5, 5.41) is 8.94. The van der Waals surface area contributed by atoms with E-state index in [1.165, 1.54) is 19.3 Å². The molecule has 0 saturated carbocycles. The monoisotopic (exact) mass is 345 g/mol. The Balaban J connectivity index is 1.54. The van der Waals surface area contributed by atoms with Crippen molar-refractivity contribution in [2.75, 3.05) is 42.5 Å². The van der Waals surface area contributed by atoms with Crippen LogP contribution in [-0.4, -0.2) is 59.8 Å². The molecule has 0 spiro atoms. The maximum absolute atomic E-state index is 12.1. The van der Waals surface area contributed by atoms with Crippen molar-refractivity contribution in [3.8, 4) is 0 Å². The van der Waals surface area contributed by atoms with Crippen LogP contribution >= 0.6 is 0 Å². The molecular formula is C19H31N5O. The van der Waals surface area contributed by atoms with E-state index < -0.39 is 0 Å². The van der Waals surface area contributed by atoms with Crippen LogP contribution in [-0.2, 0) is 4.79 Å². The molecule has 2 fully saturated rings. The lowest BCUT2D eigenvalue weighted by atomic mass is 10.0. The number of unbranched alkanes of at least 4 members (excludes halogenated alkanes) is 1. The summed E-state index contributed by atoms with van der Waals surface area (Å²) in [5.41, 5.74) is 0. The zero-order valence-electron chi connectivity index (χ0n) is 15.7. The van der Waals surface area contributed by atoms with E-state index in [4.69, 9.17) is 0 Å². The Kier molecular flexibility index (Phi) is 6.10. The molecule has 6 heteroatoms. The second kappa shape index (κ2) is 8.50. The Bertz CT molecular complexity index is 553. The number of hydrogen-bond acceptors (Lipinski definition) is 5. The number of hydrogen-bond donors (Lipinski definition) is 0. The van der Waals surface area contributed by atoms with Crippen LogP contribution in [0.25, 0.3) is 0 Å². The van der Waals surface area contributed by atoms with Crippen LogP contribution in [0.15, 0.2) is 12.1 Å². The summed E-state index contributed by atoms with van der Waals surface area (Å²) in [6.07, 6.45) is 6.52. The van der Waals surface area contributed by atoms with Crippen LogP contribution in [0.4, 0.5) is 11.6 Å². The fourth-order valence-corrected chi connectivity index (χ4v) is 3.75. The van der Waals surface area contributed by atoms with Crippen LogP contribution in [0.5, 0.6) is 0 Å². The Labute approximate surface area is 151 Å². The van der Waals surface area contributed by atoms with Gasteiger partial charge >= 0.3 is 0 Å². The Morgan fingerprint density at radius 3 is 2.44 bits per heavy atom. The van der Waals surface area contributed by atoms with Gasteiger partial charge in [0.25, 0.3) is 0 Å². The summed E-state index contributed by atoms with van der Waals surface area (Å²) >= 11 is 0. The average molecular weight is 345 g/mol. The molecule has 1 amide bonds. The standard InChI is InChI=1S/C19H31N5O/c1-3-4-8-19(25)23-14-12-22(13-15-23)17-9-10-18(21-20-17)24-11-6-5-7-16(24)2/h9-10,16H,3-8,11-15H2,1-2H3. The minimum atomic E-state index is 0.294. The first kappa shape index (κ1) is 18.0. The molecule has 1 aromatic heterocycles. The van der Waals surface area contributed by atoms with Crippen LogP contribution in [0.1, 0.15) is 52.4 Å². The molecule has 3 heterocycles. The number of carbonyl (C=O) groups excluding carboxylic acids is 1. The molecule has 0 bridgehead atoms. The number of anilines is 2. The summed E-state index contributed by atoms with van der Waals surface area (Å²) in [4.78, 5) is 18.7. The molecule has 25 heavy (non-hydrogen) atoms. The zero-order valence-corrected chi connectivity index (χ0v) is 15.7. The van der Waals surface area contributed by atoms with Crippen LogP contribution < -0.4 is 9.80 Å². The van der Waals surface area contributed by atoms with Gasteiger partial charge in [0.05, 0.1) is 0 Å². The lowest BCUT2D eigenvalue weighted by molar-refractivity contribution is -0.131. The van der Waals surface area contributed by atoms with Crippen LogP contribution in [0, 0.1) is 0 Å². The van der Waals surface area contributed by atoms with E-state index >= 15 is 0 Å². The second-order valence-corrected chi connectivity index (χ2v) is 7.26. The van der Waals surface area contributed by atoms with Gasteiger partial charge < -0.3 is 14.7 Å². The number of piperazine rings is 1. The van der Waals surface area contributed by atoms with Crippen molar-refractivity contribution in [3.05, 3.63) is 12.1 Å². The number of nitrogens with zero attached hydrogens (tertiary/aromatic N) is 5. The first-order chi connectivity index (χ1) is 12.2.